The van der Waals surface area contributed by atoms with Gasteiger partial charge in [0.1, 0.15) is 5.75 Å². The zero-order valence-corrected chi connectivity index (χ0v) is 10.1. The summed E-state index contributed by atoms with van der Waals surface area (Å²) in [5, 5.41) is 0. The van der Waals surface area contributed by atoms with E-state index in [0.717, 1.165) is 17.2 Å². The molecule has 0 fully saturated rings. The average molecular weight is 228 g/mol. The first kappa shape index (κ1) is 13.0. The molecule has 0 aliphatic rings. The number of rotatable bonds is 4. The molecule has 0 saturated carbocycles. The summed E-state index contributed by atoms with van der Waals surface area (Å²) in [7, 11) is 0. The SMILES string of the molecule is C=CC(=O)Oc1ccc(C(/C=C\C)=C/C)cc1. The number of benzene rings is 1. The minimum absolute atomic E-state index is 0.447. The molecule has 0 unspecified atom stereocenters. The third-order valence-electron chi connectivity index (χ3n) is 2.23. The molecule has 0 atom stereocenters. The molecule has 17 heavy (non-hydrogen) atoms. The molecule has 2 heteroatoms. The standard InChI is InChI=1S/C15H16O2/c1-4-7-12(5-2)13-8-10-14(11-9-13)17-15(16)6-3/h4-11H,3H2,1-2H3/b7-4-,12-5+. The van der Waals surface area contributed by atoms with E-state index in [0.29, 0.717) is 5.75 Å². The molecule has 0 spiro atoms. The van der Waals surface area contributed by atoms with E-state index < -0.39 is 5.97 Å². The number of allylic oxidation sites excluding steroid dienone is 4. The Kier molecular flexibility index (Phi) is 4.95. The number of ether oxygens (including phenoxy) is 1. The van der Waals surface area contributed by atoms with E-state index in [2.05, 4.69) is 6.58 Å². The van der Waals surface area contributed by atoms with Gasteiger partial charge in [-0.05, 0) is 37.1 Å². The van der Waals surface area contributed by atoms with Crippen molar-refractivity contribution >= 4 is 11.5 Å². The van der Waals surface area contributed by atoms with Crippen LogP contribution in [-0.4, -0.2) is 5.97 Å². The van der Waals surface area contributed by atoms with E-state index in [4.69, 9.17) is 4.74 Å². The van der Waals surface area contributed by atoms with E-state index in [1.807, 2.05) is 44.2 Å². The molecule has 0 radical (unpaired) electrons. The molecular formula is C15H16O2. The van der Waals surface area contributed by atoms with Gasteiger partial charge in [0.2, 0.25) is 0 Å². The molecule has 0 N–H and O–H groups in total. The van der Waals surface area contributed by atoms with Crippen molar-refractivity contribution < 1.29 is 9.53 Å². The largest absolute Gasteiger partial charge is 0.423 e. The van der Waals surface area contributed by atoms with Gasteiger partial charge < -0.3 is 4.74 Å². The molecule has 0 bridgehead atoms. The predicted octanol–water partition coefficient (Wildman–Crippen LogP) is 3.76. The zero-order valence-electron chi connectivity index (χ0n) is 10.1. The number of esters is 1. The lowest BCUT2D eigenvalue weighted by Crippen LogP contribution is -2.02. The van der Waals surface area contributed by atoms with Crippen molar-refractivity contribution in [2.24, 2.45) is 0 Å². The second-order valence-electron chi connectivity index (χ2n) is 3.39. The zero-order chi connectivity index (χ0) is 12.7. The highest BCUT2D eigenvalue weighted by atomic mass is 16.5. The van der Waals surface area contributed by atoms with Gasteiger partial charge in [-0.25, -0.2) is 4.79 Å². The van der Waals surface area contributed by atoms with Gasteiger partial charge in [0, 0.05) is 6.08 Å². The van der Waals surface area contributed by atoms with E-state index in [1.54, 1.807) is 12.1 Å². The van der Waals surface area contributed by atoms with Crippen LogP contribution >= 0.6 is 0 Å². The fourth-order valence-corrected chi connectivity index (χ4v) is 1.41. The molecule has 1 aromatic rings. The van der Waals surface area contributed by atoms with Crippen LogP contribution in [0.3, 0.4) is 0 Å². The van der Waals surface area contributed by atoms with Gasteiger partial charge in [-0.3, -0.25) is 0 Å². The molecule has 0 aliphatic heterocycles. The Morgan fingerprint density at radius 2 is 1.88 bits per heavy atom. The van der Waals surface area contributed by atoms with Crippen LogP contribution in [0.15, 0.2) is 55.1 Å². The summed E-state index contributed by atoms with van der Waals surface area (Å²) in [4.78, 5) is 11.0. The second-order valence-corrected chi connectivity index (χ2v) is 3.39. The molecule has 2 nitrogen and oxygen atoms in total. The van der Waals surface area contributed by atoms with Crippen LogP contribution in [0, 0.1) is 0 Å². The second kappa shape index (κ2) is 6.48. The Bertz CT molecular complexity index is 450. The minimum atomic E-state index is -0.447. The van der Waals surface area contributed by atoms with Gasteiger partial charge in [0.05, 0.1) is 0 Å². The van der Waals surface area contributed by atoms with Crippen LogP contribution in [0.5, 0.6) is 5.75 Å². The molecule has 88 valence electrons. The first-order valence-corrected chi connectivity index (χ1v) is 5.45. The fourth-order valence-electron chi connectivity index (χ4n) is 1.41. The van der Waals surface area contributed by atoms with E-state index in [9.17, 15) is 4.79 Å². The van der Waals surface area contributed by atoms with Crippen LogP contribution in [0.1, 0.15) is 19.4 Å². The number of hydrogen-bond acceptors (Lipinski definition) is 2. The molecule has 0 amide bonds. The molecule has 0 heterocycles. The van der Waals surface area contributed by atoms with Gasteiger partial charge in [-0.1, -0.05) is 36.9 Å². The van der Waals surface area contributed by atoms with Crippen molar-refractivity contribution in [2.75, 3.05) is 0 Å². The summed E-state index contributed by atoms with van der Waals surface area (Å²) < 4.78 is 5.00. The Morgan fingerprint density at radius 1 is 1.24 bits per heavy atom. The van der Waals surface area contributed by atoms with Crippen molar-refractivity contribution in [3.05, 3.63) is 60.7 Å². The molecule has 0 saturated heterocycles. The lowest BCUT2D eigenvalue weighted by atomic mass is 10.1. The summed E-state index contributed by atoms with van der Waals surface area (Å²) >= 11 is 0. The van der Waals surface area contributed by atoms with E-state index in [-0.39, 0.29) is 0 Å². The minimum Gasteiger partial charge on any atom is -0.423 e. The summed E-state index contributed by atoms with van der Waals surface area (Å²) in [6.45, 7) is 7.31. The molecule has 1 aromatic carbocycles. The van der Waals surface area contributed by atoms with Crippen LogP contribution in [0.2, 0.25) is 0 Å². The summed E-state index contributed by atoms with van der Waals surface area (Å²) in [6.07, 6.45) is 7.20. The lowest BCUT2D eigenvalue weighted by molar-refractivity contribution is -0.128. The van der Waals surface area contributed by atoms with Crippen LogP contribution in [-0.2, 0) is 4.79 Å². The molecule has 0 aliphatic carbocycles. The Hall–Kier alpha value is -2.09. The van der Waals surface area contributed by atoms with E-state index >= 15 is 0 Å². The first-order valence-electron chi connectivity index (χ1n) is 5.45. The summed E-state index contributed by atoms with van der Waals surface area (Å²) in [5.74, 6) is 0.0760. The highest BCUT2D eigenvalue weighted by Gasteiger charge is 2.01. The number of hydrogen-bond donors (Lipinski definition) is 0. The number of carbonyl (C=O) groups excluding carboxylic acids is 1. The third-order valence-corrected chi connectivity index (χ3v) is 2.23. The fraction of sp³-hybridized carbons (Fsp3) is 0.133. The van der Waals surface area contributed by atoms with Gasteiger partial charge >= 0.3 is 5.97 Å². The van der Waals surface area contributed by atoms with Crippen LogP contribution in [0.25, 0.3) is 5.57 Å². The maximum absolute atomic E-state index is 11.0. The first-order chi connectivity index (χ1) is 8.21. The van der Waals surface area contributed by atoms with Gasteiger partial charge in [-0.15, -0.1) is 0 Å². The topological polar surface area (TPSA) is 26.3 Å². The van der Waals surface area contributed by atoms with Crippen molar-refractivity contribution in [3.63, 3.8) is 0 Å². The summed E-state index contributed by atoms with van der Waals surface area (Å²) in [6, 6.07) is 7.37. The van der Waals surface area contributed by atoms with Gasteiger partial charge in [0.25, 0.3) is 0 Å². The van der Waals surface area contributed by atoms with Crippen LogP contribution in [0.4, 0.5) is 0 Å². The van der Waals surface area contributed by atoms with Gasteiger partial charge in [0.15, 0.2) is 0 Å². The Morgan fingerprint density at radius 3 is 2.35 bits per heavy atom. The van der Waals surface area contributed by atoms with Gasteiger partial charge in [-0.2, -0.15) is 0 Å². The van der Waals surface area contributed by atoms with Crippen molar-refractivity contribution in [1.29, 1.82) is 0 Å². The Balaban J connectivity index is 2.87. The monoisotopic (exact) mass is 228 g/mol. The third kappa shape index (κ3) is 3.76. The normalized spacial score (nSPS) is 11.5. The molecular weight excluding hydrogens is 212 g/mol. The van der Waals surface area contributed by atoms with Crippen molar-refractivity contribution in [2.45, 2.75) is 13.8 Å². The lowest BCUT2D eigenvalue weighted by Gasteiger charge is -2.04. The van der Waals surface area contributed by atoms with Crippen molar-refractivity contribution in [3.8, 4) is 5.75 Å². The average Bonchev–Trinajstić information content (AvgIpc) is 2.37. The highest BCUT2D eigenvalue weighted by Crippen LogP contribution is 2.19. The maximum Gasteiger partial charge on any atom is 0.335 e. The summed E-state index contributed by atoms with van der Waals surface area (Å²) in [5.41, 5.74) is 2.22. The maximum atomic E-state index is 11.0. The Labute approximate surface area is 102 Å². The molecule has 1 rings (SSSR count). The molecule has 0 aromatic heterocycles. The van der Waals surface area contributed by atoms with Crippen LogP contribution < -0.4 is 4.74 Å². The van der Waals surface area contributed by atoms with E-state index in [1.165, 1.54) is 0 Å². The highest BCUT2D eigenvalue weighted by molar-refractivity contribution is 5.83. The van der Waals surface area contributed by atoms with Crippen molar-refractivity contribution in [1.82, 2.24) is 0 Å². The quantitative estimate of drug-likeness (QED) is 0.339. The number of carbonyl (C=O) groups is 1. The smallest absolute Gasteiger partial charge is 0.335 e. The predicted molar refractivity (Wildman–Crippen MR) is 70.7 cm³/mol.